The summed E-state index contributed by atoms with van der Waals surface area (Å²) < 4.78 is 55.9. The molecule has 2 aromatic heterocycles. The largest absolute Gasteiger partial charge is 0.573 e. The SMILES string of the molecule is O=C(NC1(c2ccc(OC(F)(F)F)c(F)c2)CCNc2cccnc21)c1ccc(=O)[nH]c1. The Morgan fingerprint density at radius 3 is 2.69 bits per heavy atom. The normalized spacial score (nSPS) is 17.8. The number of H-pyrrole nitrogens is 1. The van der Waals surface area contributed by atoms with Crippen molar-refractivity contribution in [3.8, 4) is 5.75 Å². The van der Waals surface area contributed by atoms with E-state index in [0.29, 0.717) is 17.9 Å². The third-order valence-electron chi connectivity index (χ3n) is 5.05. The molecular formula is C21H16F4N4O3. The van der Waals surface area contributed by atoms with E-state index in [1.807, 2.05) is 0 Å². The second-order valence-corrected chi connectivity index (χ2v) is 7.07. The van der Waals surface area contributed by atoms with Crippen LogP contribution in [-0.4, -0.2) is 28.8 Å². The Labute approximate surface area is 178 Å². The molecular weight excluding hydrogens is 432 g/mol. The summed E-state index contributed by atoms with van der Waals surface area (Å²) in [6, 6.07) is 8.89. The van der Waals surface area contributed by atoms with Crippen molar-refractivity contribution < 1.29 is 27.1 Å². The number of halogens is 4. The Kier molecular flexibility index (Phi) is 5.33. The quantitative estimate of drug-likeness (QED) is 0.533. The standard InChI is InChI=1S/C21H16F4N4O3/c22-14-10-13(4-5-16(14)32-21(23,24)25)20(7-9-26-15-2-1-8-27-18(15)20)29-19(31)12-3-6-17(30)28-11-12/h1-6,8,10-11,26H,7,9H2,(H,28,30)(H,29,31). The first-order valence-electron chi connectivity index (χ1n) is 9.44. The number of ether oxygens (including phenoxy) is 1. The lowest BCUT2D eigenvalue weighted by Crippen LogP contribution is -2.51. The van der Waals surface area contributed by atoms with Crippen molar-refractivity contribution in [3.63, 3.8) is 0 Å². The molecule has 1 aliphatic rings. The molecule has 1 aliphatic heterocycles. The number of pyridine rings is 2. The molecule has 0 fully saturated rings. The third-order valence-corrected chi connectivity index (χ3v) is 5.05. The number of rotatable bonds is 4. The highest BCUT2D eigenvalue weighted by atomic mass is 19.4. The van der Waals surface area contributed by atoms with Crippen LogP contribution in [0, 0.1) is 5.82 Å². The number of amides is 1. The number of nitrogens with one attached hydrogen (secondary N) is 3. The fourth-order valence-corrected chi connectivity index (χ4v) is 3.66. The molecule has 0 radical (unpaired) electrons. The average Bonchev–Trinajstić information content (AvgIpc) is 2.75. The van der Waals surface area contributed by atoms with Gasteiger partial charge in [-0.05, 0) is 42.3 Å². The minimum absolute atomic E-state index is 0.137. The zero-order chi connectivity index (χ0) is 22.9. The first-order valence-corrected chi connectivity index (χ1v) is 9.44. The van der Waals surface area contributed by atoms with Crippen LogP contribution in [0.2, 0.25) is 0 Å². The number of fused-ring (bicyclic) bond motifs is 1. The van der Waals surface area contributed by atoms with Gasteiger partial charge in [0.1, 0.15) is 5.54 Å². The van der Waals surface area contributed by atoms with Gasteiger partial charge in [0.15, 0.2) is 11.6 Å². The summed E-state index contributed by atoms with van der Waals surface area (Å²) >= 11 is 0. The lowest BCUT2D eigenvalue weighted by molar-refractivity contribution is -0.275. The number of aromatic nitrogens is 2. The van der Waals surface area contributed by atoms with E-state index in [1.165, 1.54) is 30.6 Å². The van der Waals surface area contributed by atoms with E-state index in [9.17, 15) is 27.2 Å². The van der Waals surface area contributed by atoms with Crippen molar-refractivity contribution in [3.05, 3.63) is 87.9 Å². The lowest BCUT2D eigenvalue weighted by Gasteiger charge is -2.39. The molecule has 3 heterocycles. The number of alkyl halides is 3. The minimum atomic E-state index is -5.05. The van der Waals surface area contributed by atoms with Gasteiger partial charge in [-0.25, -0.2) is 4.39 Å². The van der Waals surface area contributed by atoms with Gasteiger partial charge in [-0.1, -0.05) is 6.07 Å². The zero-order valence-corrected chi connectivity index (χ0v) is 16.3. The smallest absolute Gasteiger partial charge is 0.403 e. The number of hydrogen-bond donors (Lipinski definition) is 3. The number of carbonyl (C=O) groups excluding carboxylic acids is 1. The highest BCUT2D eigenvalue weighted by molar-refractivity contribution is 5.95. The van der Waals surface area contributed by atoms with E-state index in [0.717, 1.165) is 12.1 Å². The maximum atomic E-state index is 14.6. The van der Waals surface area contributed by atoms with Gasteiger partial charge >= 0.3 is 6.36 Å². The summed E-state index contributed by atoms with van der Waals surface area (Å²) in [6.07, 6.45) is -2.11. The van der Waals surface area contributed by atoms with Crippen LogP contribution in [0.15, 0.2) is 59.7 Å². The summed E-state index contributed by atoms with van der Waals surface area (Å²) in [5, 5.41) is 5.98. The molecule has 3 N–H and O–H groups in total. The molecule has 0 saturated carbocycles. The number of aromatic amines is 1. The van der Waals surface area contributed by atoms with Crippen molar-refractivity contribution in [1.82, 2.24) is 15.3 Å². The van der Waals surface area contributed by atoms with Crippen molar-refractivity contribution in [2.45, 2.75) is 18.3 Å². The van der Waals surface area contributed by atoms with Crippen LogP contribution in [0.25, 0.3) is 0 Å². The summed E-state index contributed by atoms with van der Waals surface area (Å²) in [4.78, 5) is 31.1. The maximum Gasteiger partial charge on any atom is 0.573 e. The summed E-state index contributed by atoms with van der Waals surface area (Å²) in [7, 11) is 0. The Morgan fingerprint density at radius 1 is 1.19 bits per heavy atom. The molecule has 0 bridgehead atoms. The van der Waals surface area contributed by atoms with E-state index >= 15 is 0 Å². The Bertz CT molecular complexity index is 1210. The number of benzene rings is 1. The second kappa shape index (κ2) is 7.98. The predicted molar refractivity (Wildman–Crippen MR) is 106 cm³/mol. The van der Waals surface area contributed by atoms with E-state index in [4.69, 9.17) is 0 Å². The maximum absolute atomic E-state index is 14.6. The minimum Gasteiger partial charge on any atom is -0.403 e. The van der Waals surface area contributed by atoms with Crippen molar-refractivity contribution in [2.24, 2.45) is 0 Å². The average molecular weight is 448 g/mol. The molecule has 4 rings (SSSR count). The van der Waals surface area contributed by atoms with Crippen LogP contribution in [0.4, 0.5) is 23.2 Å². The Balaban J connectivity index is 1.81. The van der Waals surface area contributed by atoms with Gasteiger partial charge in [-0.3, -0.25) is 14.6 Å². The predicted octanol–water partition coefficient (Wildman–Crippen LogP) is 3.30. The molecule has 11 heteroatoms. The molecule has 0 aliphatic carbocycles. The molecule has 1 unspecified atom stereocenters. The molecule has 1 atom stereocenters. The topological polar surface area (TPSA) is 96.1 Å². The van der Waals surface area contributed by atoms with Crippen LogP contribution >= 0.6 is 0 Å². The fourth-order valence-electron chi connectivity index (χ4n) is 3.66. The van der Waals surface area contributed by atoms with Crippen LogP contribution < -0.4 is 20.9 Å². The lowest BCUT2D eigenvalue weighted by atomic mass is 9.79. The van der Waals surface area contributed by atoms with E-state index in [-0.39, 0.29) is 17.5 Å². The van der Waals surface area contributed by atoms with Gasteiger partial charge in [0.25, 0.3) is 5.91 Å². The van der Waals surface area contributed by atoms with E-state index < -0.39 is 34.9 Å². The van der Waals surface area contributed by atoms with Crippen molar-refractivity contribution in [2.75, 3.05) is 11.9 Å². The Morgan fingerprint density at radius 2 is 2.00 bits per heavy atom. The number of hydrogen-bond acceptors (Lipinski definition) is 5. The number of anilines is 1. The molecule has 0 spiro atoms. The monoisotopic (exact) mass is 448 g/mol. The van der Waals surface area contributed by atoms with Gasteiger partial charge in [0.05, 0.1) is 16.9 Å². The first kappa shape index (κ1) is 21.3. The van der Waals surface area contributed by atoms with Crippen LogP contribution in [-0.2, 0) is 5.54 Å². The highest BCUT2D eigenvalue weighted by Crippen LogP contribution is 2.40. The van der Waals surface area contributed by atoms with Crippen molar-refractivity contribution in [1.29, 1.82) is 0 Å². The van der Waals surface area contributed by atoms with E-state index in [2.05, 4.69) is 25.3 Å². The number of nitrogens with zero attached hydrogens (tertiary/aromatic N) is 1. The summed E-state index contributed by atoms with van der Waals surface area (Å²) in [6.45, 7) is 0.368. The third kappa shape index (κ3) is 4.13. The van der Waals surface area contributed by atoms with Gasteiger partial charge in [-0.2, -0.15) is 0 Å². The van der Waals surface area contributed by atoms with Crippen molar-refractivity contribution >= 4 is 11.6 Å². The van der Waals surface area contributed by atoms with Gasteiger partial charge < -0.3 is 20.4 Å². The Hall–Kier alpha value is -3.89. The van der Waals surface area contributed by atoms with Gasteiger partial charge in [0.2, 0.25) is 5.56 Å². The molecule has 166 valence electrons. The molecule has 3 aromatic rings. The van der Waals surface area contributed by atoms with Crippen LogP contribution in [0.5, 0.6) is 5.75 Å². The van der Waals surface area contributed by atoms with Crippen LogP contribution in [0.1, 0.15) is 28.0 Å². The van der Waals surface area contributed by atoms with E-state index in [1.54, 1.807) is 12.1 Å². The van der Waals surface area contributed by atoms with Gasteiger partial charge in [-0.15, -0.1) is 13.2 Å². The summed E-state index contributed by atoms with van der Waals surface area (Å²) in [5.41, 5.74) is -0.481. The molecule has 7 nitrogen and oxygen atoms in total. The molecule has 0 saturated heterocycles. The summed E-state index contributed by atoms with van der Waals surface area (Å²) in [5.74, 6) is -2.82. The number of carbonyl (C=O) groups is 1. The fraction of sp³-hybridized carbons (Fsp3) is 0.190. The first-order chi connectivity index (χ1) is 15.2. The van der Waals surface area contributed by atoms with Gasteiger partial charge in [0, 0.05) is 25.0 Å². The second-order valence-electron chi connectivity index (χ2n) is 7.07. The molecule has 32 heavy (non-hydrogen) atoms. The molecule has 1 amide bonds. The highest BCUT2D eigenvalue weighted by Gasteiger charge is 2.42. The zero-order valence-electron chi connectivity index (χ0n) is 16.3. The molecule has 1 aromatic carbocycles. The van der Waals surface area contributed by atoms with Crippen LogP contribution in [0.3, 0.4) is 0 Å².